The zero-order valence-electron chi connectivity index (χ0n) is 10.1. The molecule has 4 nitrogen and oxygen atoms in total. The van der Waals surface area contributed by atoms with Crippen LogP contribution in [0.1, 0.15) is 11.1 Å². The minimum absolute atomic E-state index is 0.299. The Morgan fingerprint density at radius 1 is 1.00 bits per heavy atom. The number of hydrogen-bond acceptors (Lipinski definition) is 4. The van der Waals surface area contributed by atoms with Gasteiger partial charge in [-0.15, -0.1) is 13.2 Å². The molecule has 0 fully saturated rings. The van der Waals surface area contributed by atoms with E-state index in [1.165, 1.54) is 24.3 Å². The third kappa shape index (κ3) is 3.47. The zero-order valence-corrected chi connectivity index (χ0v) is 10.1. The van der Waals surface area contributed by atoms with Crippen molar-refractivity contribution in [2.75, 3.05) is 0 Å². The lowest BCUT2D eigenvalue weighted by atomic mass is 10.0. The van der Waals surface area contributed by atoms with E-state index < -0.39 is 6.36 Å². The van der Waals surface area contributed by atoms with Gasteiger partial charge in [-0.05, 0) is 36.4 Å². The molecule has 7 heteroatoms. The van der Waals surface area contributed by atoms with Crippen LogP contribution in [-0.4, -0.2) is 17.1 Å². The number of ether oxygens (including phenoxy) is 1. The molecule has 2 N–H and O–H groups in total. The van der Waals surface area contributed by atoms with E-state index in [0.717, 1.165) is 0 Å². The van der Waals surface area contributed by atoms with Crippen LogP contribution in [0, 0.1) is 0 Å². The van der Waals surface area contributed by atoms with Crippen molar-refractivity contribution in [1.82, 2.24) is 4.98 Å². The molecule has 1 aromatic heterocycles. The summed E-state index contributed by atoms with van der Waals surface area (Å²) in [5.74, 6) is 5.03. The summed E-state index contributed by atoms with van der Waals surface area (Å²) in [5, 5.41) is 3.66. The molecule has 0 aliphatic rings. The zero-order chi connectivity index (χ0) is 14.6. The quantitative estimate of drug-likeness (QED) is 0.534. The largest absolute Gasteiger partial charge is 0.573 e. The van der Waals surface area contributed by atoms with Crippen LogP contribution in [0.4, 0.5) is 13.2 Å². The maximum Gasteiger partial charge on any atom is 0.573 e. The molecule has 0 aliphatic carbocycles. The van der Waals surface area contributed by atoms with Gasteiger partial charge < -0.3 is 10.6 Å². The molecule has 0 saturated carbocycles. The van der Waals surface area contributed by atoms with Gasteiger partial charge in [-0.25, -0.2) is 0 Å². The van der Waals surface area contributed by atoms with Crippen LogP contribution < -0.4 is 10.6 Å². The highest BCUT2D eigenvalue weighted by atomic mass is 19.4. The Bertz CT molecular complexity index is 595. The van der Waals surface area contributed by atoms with E-state index in [1.807, 2.05) is 0 Å². The van der Waals surface area contributed by atoms with Crippen molar-refractivity contribution >= 4 is 5.71 Å². The normalized spacial score (nSPS) is 12.2. The van der Waals surface area contributed by atoms with Gasteiger partial charge in [0.2, 0.25) is 0 Å². The van der Waals surface area contributed by atoms with Crippen molar-refractivity contribution in [3.05, 3.63) is 59.9 Å². The maximum atomic E-state index is 12.1. The molecule has 1 aromatic carbocycles. The number of hydrogen-bond donors (Lipinski definition) is 1. The number of alkyl halides is 3. The van der Waals surface area contributed by atoms with Gasteiger partial charge in [0.1, 0.15) is 5.75 Å². The molecule has 0 bridgehead atoms. The highest BCUT2D eigenvalue weighted by molar-refractivity contribution is 6.12. The lowest BCUT2D eigenvalue weighted by Crippen LogP contribution is -2.17. The molecule has 0 amide bonds. The predicted molar refractivity (Wildman–Crippen MR) is 67.2 cm³/mol. The second-order valence-electron chi connectivity index (χ2n) is 3.79. The van der Waals surface area contributed by atoms with Gasteiger partial charge in [0.15, 0.2) is 0 Å². The molecular weight excluding hydrogens is 271 g/mol. The molecule has 0 spiro atoms. The Kier molecular flexibility index (Phi) is 3.88. The molecule has 1 heterocycles. The first kappa shape index (κ1) is 13.9. The number of nitrogens with zero attached hydrogens (tertiary/aromatic N) is 2. The van der Waals surface area contributed by atoms with Crippen LogP contribution in [0.25, 0.3) is 0 Å². The van der Waals surface area contributed by atoms with Gasteiger partial charge >= 0.3 is 6.36 Å². The molecule has 0 radical (unpaired) electrons. The van der Waals surface area contributed by atoms with Crippen LogP contribution in [0.15, 0.2) is 53.9 Å². The van der Waals surface area contributed by atoms with Crippen LogP contribution in [-0.2, 0) is 0 Å². The Morgan fingerprint density at radius 3 is 2.05 bits per heavy atom. The first-order valence-corrected chi connectivity index (χ1v) is 5.54. The second-order valence-corrected chi connectivity index (χ2v) is 3.79. The van der Waals surface area contributed by atoms with Crippen LogP contribution in [0.5, 0.6) is 5.75 Å². The van der Waals surface area contributed by atoms with Crippen LogP contribution in [0.3, 0.4) is 0 Å². The number of halogens is 3. The van der Waals surface area contributed by atoms with E-state index in [1.54, 1.807) is 24.5 Å². The number of nitrogens with two attached hydrogens (primary N) is 1. The number of pyridine rings is 1. The first-order valence-electron chi connectivity index (χ1n) is 5.54. The topological polar surface area (TPSA) is 60.5 Å². The van der Waals surface area contributed by atoms with E-state index in [0.29, 0.717) is 16.8 Å². The summed E-state index contributed by atoms with van der Waals surface area (Å²) in [7, 11) is 0. The standard InChI is InChI=1S/C13H10F3N3O/c14-13(15,16)20-11-3-1-9(2-4-11)12(19-17)10-5-7-18-8-6-10/h1-8H,17H2. The van der Waals surface area contributed by atoms with Crippen molar-refractivity contribution in [3.8, 4) is 5.75 Å². The number of rotatable bonds is 3. The third-order valence-electron chi connectivity index (χ3n) is 2.44. The van der Waals surface area contributed by atoms with Gasteiger partial charge in [-0.1, -0.05) is 0 Å². The van der Waals surface area contributed by atoms with Crippen LogP contribution >= 0.6 is 0 Å². The summed E-state index contributed by atoms with van der Waals surface area (Å²) in [4.78, 5) is 3.87. The SMILES string of the molecule is NN=C(c1ccncc1)c1ccc(OC(F)(F)F)cc1. The smallest absolute Gasteiger partial charge is 0.406 e. The fourth-order valence-electron chi connectivity index (χ4n) is 1.64. The summed E-state index contributed by atoms with van der Waals surface area (Å²) in [6, 6.07) is 8.71. The highest BCUT2D eigenvalue weighted by Crippen LogP contribution is 2.23. The van der Waals surface area contributed by atoms with E-state index in [2.05, 4.69) is 14.8 Å². The number of hydrazone groups is 1. The lowest BCUT2D eigenvalue weighted by molar-refractivity contribution is -0.274. The Morgan fingerprint density at radius 2 is 1.55 bits per heavy atom. The predicted octanol–water partition coefficient (Wildman–Crippen LogP) is 2.69. The van der Waals surface area contributed by atoms with E-state index in [9.17, 15) is 13.2 Å². The molecule has 0 unspecified atom stereocenters. The molecule has 0 aliphatic heterocycles. The van der Waals surface area contributed by atoms with Gasteiger partial charge in [0.25, 0.3) is 0 Å². The molecule has 2 aromatic rings. The van der Waals surface area contributed by atoms with Gasteiger partial charge in [0.05, 0.1) is 5.71 Å². The van der Waals surface area contributed by atoms with E-state index in [-0.39, 0.29) is 5.75 Å². The Labute approximate surface area is 112 Å². The van der Waals surface area contributed by atoms with Crippen molar-refractivity contribution < 1.29 is 17.9 Å². The van der Waals surface area contributed by atoms with Gasteiger partial charge in [0, 0.05) is 23.5 Å². The Hall–Kier alpha value is -2.57. The molecule has 20 heavy (non-hydrogen) atoms. The summed E-state index contributed by atoms with van der Waals surface area (Å²) in [5.41, 5.74) is 1.74. The highest BCUT2D eigenvalue weighted by Gasteiger charge is 2.31. The maximum absolute atomic E-state index is 12.1. The first-order chi connectivity index (χ1) is 9.49. The van der Waals surface area contributed by atoms with Crippen molar-refractivity contribution in [3.63, 3.8) is 0 Å². The average molecular weight is 281 g/mol. The van der Waals surface area contributed by atoms with Crippen molar-refractivity contribution in [1.29, 1.82) is 0 Å². The second kappa shape index (κ2) is 5.60. The minimum Gasteiger partial charge on any atom is -0.406 e. The summed E-state index contributed by atoms with van der Waals surface area (Å²) >= 11 is 0. The van der Waals surface area contributed by atoms with Gasteiger partial charge in [-0.2, -0.15) is 5.10 Å². The Balaban J connectivity index is 2.25. The van der Waals surface area contributed by atoms with Gasteiger partial charge in [-0.3, -0.25) is 4.98 Å². The van der Waals surface area contributed by atoms with E-state index >= 15 is 0 Å². The minimum atomic E-state index is -4.71. The number of benzene rings is 1. The molecule has 2 rings (SSSR count). The number of aromatic nitrogens is 1. The fraction of sp³-hybridized carbons (Fsp3) is 0.0769. The van der Waals surface area contributed by atoms with Crippen molar-refractivity contribution in [2.24, 2.45) is 10.9 Å². The van der Waals surface area contributed by atoms with Crippen LogP contribution in [0.2, 0.25) is 0 Å². The third-order valence-corrected chi connectivity index (χ3v) is 2.44. The lowest BCUT2D eigenvalue weighted by Gasteiger charge is -2.10. The summed E-state index contributed by atoms with van der Waals surface area (Å²) in [6.07, 6.45) is -1.57. The van der Waals surface area contributed by atoms with Crippen molar-refractivity contribution in [2.45, 2.75) is 6.36 Å². The fourth-order valence-corrected chi connectivity index (χ4v) is 1.64. The summed E-state index contributed by atoms with van der Waals surface area (Å²) < 4.78 is 40.0. The monoisotopic (exact) mass is 281 g/mol. The van der Waals surface area contributed by atoms with E-state index in [4.69, 9.17) is 5.84 Å². The molecule has 104 valence electrons. The average Bonchev–Trinajstić information content (AvgIpc) is 2.41. The molecule has 0 saturated heterocycles. The molecular formula is C13H10F3N3O. The molecule has 0 atom stereocenters. The summed E-state index contributed by atoms with van der Waals surface area (Å²) in [6.45, 7) is 0.